The van der Waals surface area contributed by atoms with E-state index in [9.17, 15) is 24.4 Å². The number of amides is 1. The van der Waals surface area contributed by atoms with Gasteiger partial charge in [-0.25, -0.2) is 9.37 Å². The first-order valence-corrected chi connectivity index (χ1v) is 12.2. The highest BCUT2D eigenvalue weighted by atomic mass is 35.5. The molecule has 5 rings (SSSR count). The highest BCUT2D eigenvalue weighted by molar-refractivity contribution is 6.31. The number of anilines is 1. The number of carbonyl (C=O) groups is 1. The summed E-state index contributed by atoms with van der Waals surface area (Å²) in [5, 5.41) is 29.4. The highest BCUT2D eigenvalue weighted by Crippen LogP contribution is 2.57. The fourth-order valence-electron chi connectivity index (χ4n) is 5.99. The number of nitrogens with one attached hydrogen (secondary N) is 1. The Morgan fingerprint density at radius 2 is 2.03 bits per heavy atom. The predicted molar refractivity (Wildman–Crippen MR) is 129 cm³/mol. The summed E-state index contributed by atoms with van der Waals surface area (Å²) in [6.45, 7) is 2.26. The molecule has 3 aromatic rings. The van der Waals surface area contributed by atoms with Crippen molar-refractivity contribution in [3.63, 3.8) is 0 Å². The van der Waals surface area contributed by atoms with Crippen LogP contribution in [0.3, 0.4) is 0 Å². The maximum atomic E-state index is 13.5. The third kappa shape index (κ3) is 4.16. The number of halogens is 2. The number of carbonyl (C=O) groups excluding carboxylic acids is 1. The number of aliphatic hydroxyl groups is 1. The molecule has 36 heavy (non-hydrogen) atoms. The minimum atomic E-state index is -1.18. The van der Waals surface area contributed by atoms with Crippen LogP contribution in [-0.4, -0.2) is 35.3 Å². The number of nitro groups is 1. The number of hydrogen-bond donors (Lipinski definition) is 2. The second kappa shape index (κ2) is 8.97. The van der Waals surface area contributed by atoms with Crippen molar-refractivity contribution in [2.24, 2.45) is 18.9 Å². The van der Waals surface area contributed by atoms with Crippen molar-refractivity contribution in [2.75, 3.05) is 5.32 Å². The molecular formula is C24H26ClFN6O4. The van der Waals surface area contributed by atoms with Crippen molar-refractivity contribution in [3.05, 3.63) is 68.6 Å². The monoisotopic (exact) mass is 516 g/mol. The number of fused-ring (bicyclic) bond motifs is 1. The number of aromatic nitrogens is 4. The van der Waals surface area contributed by atoms with Gasteiger partial charge in [-0.15, -0.1) is 0 Å². The summed E-state index contributed by atoms with van der Waals surface area (Å²) >= 11 is 5.84. The molecule has 1 amide bonds. The molecule has 0 saturated heterocycles. The Hall–Kier alpha value is -3.31. The summed E-state index contributed by atoms with van der Waals surface area (Å²) < 4.78 is 16.7. The molecule has 0 spiro atoms. The molecule has 2 aromatic heterocycles. The van der Waals surface area contributed by atoms with Crippen molar-refractivity contribution < 1.29 is 19.2 Å². The summed E-state index contributed by atoms with van der Waals surface area (Å²) in [6, 6.07) is 5.38. The van der Waals surface area contributed by atoms with Crippen molar-refractivity contribution in [1.29, 1.82) is 0 Å². The van der Waals surface area contributed by atoms with E-state index in [1.165, 1.54) is 28.9 Å². The molecule has 2 unspecified atom stereocenters. The summed E-state index contributed by atoms with van der Waals surface area (Å²) in [5.74, 6) is -0.776. The molecule has 190 valence electrons. The summed E-state index contributed by atoms with van der Waals surface area (Å²) in [5.41, 5.74) is 0.807. The lowest BCUT2D eigenvalue weighted by molar-refractivity contribution is -0.389. The fraction of sp³-hybridized carbons (Fsp3) is 0.458. The predicted octanol–water partition coefficient (Wildman–Crippen LogP) is 4.38. The molecule has 12 heteroatoms. The number of nitrogens with zero attached hydrogens (tertiary/aromatic N) is 5. The minimum absolute atomic E-state index is 0.0359. The van der Waals surface area contributed by atoms with Crippen molar-refractivity contribution in [3.8, 4) is 0 Å². The van der Waals surface area contributed by atoms with Gasteiger partial charge in [0.2, 0.25) is 0 Å². The van der Waals surface area contributed by atoms with Gasteiger partial charge in [0.05, 0.1) is 40.4 Å². The topological polar surface area (TPSA) is 128 Å². The Kier molecular flexibility index (Phi) is 6.08. The molecule has 0 radical (unpaired) electrons. The van der Waals surface area contributed by atoms with Gasteiger partial charge in [0, 0.05) is 18.7 Å². The van der Waals surface area contributed by atoms with Crippen LogP contribution in [0.25, 0.3) is 0 Å². The number of aryl methyl sites for hydroxylation is 2. The van der Waals surface area contributed by atoms with E-state index in [0.29, 0.717) is 42.2 Å². The standard InChI is InChI=1S/C24H26ClFN6O4/c1-3-31-19(9-20(29-31)32(35)36)24(34)10-14-6-13(7-15(14)11-24)21-22(30(2)12-27-21)23(33)28-16-4-5-18(26)17(25)8-16/h4-5,8-9,12-15,34H,3,6-7,10-11H2,1-2H3,(H,28,33). The van der Waals surface area contributed by atoms with Crippen LogP contribution in [-0.2, 0) is 19.2 Å². The molecule has 2 aliphatic carbocycles. The van der Waals surface area contributed by atoms with Gasteiger partial charge in [0.1, 0.15) is 17.1 Å². The maximum absolute atomic E-state index is 13.5. The number of rotatable bonds is 6. The number of hydrogen-bond acceptors (Lipinski definition) is 6. The molecule has 2 atom stereocenters. The Morgan fingerprint density at radius 3 is 2.64 bits per heavy atom. The third-order valence-corrected chi connectivity index (χ3v) is 7.81. The zero-order valence-corrected chi connectivity index (χ0v) is 20.6. The zero-order chi connectivity index (χ0) is 25.8. The lowest BCUT2D eigenvalue weighted by Crippen LogP contribution is -2.27. The van der Waals surface area contributed by atoms with Crippen LogP contribution in [0.4, 0.5) is 15.9 Å². The Labute approximate surface area is 211 Å². The molecule has 2 fully saturated rings. The van der Waals surface area contributed by atoms with Gasteiger partial charge in [-0.3, -0.25) is 4.79 Å². The Morgan fingerprint density at radius 1 is 1.33 bits per heavy atom. The van der Waals surface area contributed by atoms with Gasteiger partial charge in [-0.1, -0.05) is 11.6 Å². The summed E-state index contributed by atoms with van der Waals surface area (Å²) in [4.78, 5) is 28.3. The summed E-state index contributed by atoms with van der Waals surface area (Å²) in [6.07, 6.45) is 4.04. The van der Waals surface area contributed by atoms with E-state index < -0.39 is 16.3 Å². The molecular weight excluding hydrogens is 491 g/mol. The van der Waals surface area contributed by atoms with Crippen LogP contribution >= 0.6 is 11.6 Å². The average Bonchev–Trinajstić information content (AvgIpc) is 3.57. The van der Waals surface area contributed by atoms with Crippen LogP contribution in [0.2, 0.25) is 5.02 Å². The van der Waals surface area contributed by atoms with E-state index in [1.807, 2.05) is 6.92 Å². The van der Waals surface area contributed by atoms with E-state index >= 15 is 0 Å². The van der Waals surface area contributed by atoms with Crippen molar-refractivity contribution in [1.82, 2.24) is 19.3 Å². The second-order valence-corrected chi connectivity index (χ2v) is 10.2. The van der Waals surface area contributed by atoms with E-state index in [1.54, 1.807) is 17.9 Å². The average molecular weight is 517 g/mol. The van der Waals surface area contributed by atoms with Gasteiger partial charge in [0.15, 0.2) is 0 Å². The highest BCUT2D eigenvalue weighted by Gasteiger charge is 2.52. The SMILES string of the molecule is CCn1nc([N+](=O)[O-])cc1C1(O)CC2CC(c3ncn(C)c3C(=O)Nc3ccc(F)c(Cl)c3)CC2C1. The molecule has 2 heterocycles. The van der Waals surface area contributed by atoms with Gasteiger partial charge in [0.25, 0.3) is 5.91 Å². The van der Waals surface area contributed by atoms with E-state index in [-0.39, 0.29) is 34.5 Å². The summed E-state index contributed by atoms with van der Waals surface area (Å²) in [7, 11) is 1.75. The number of benzene rings is 1. The van der Waals surface area contributed by atoms with Crippen LogP contribution in [0.15, 0.2) is 30.6 Å². The van der Waals surface area contributed by atoms with E-state index in [4.69, 9.17) is 11.6 Å². The first-order chi connectivity index (χ1) is 17.1. The molecule has 1 aromatic carbocycles. The van der Waals surface area contributed by atoms with E-state index in [0.717, 1.165) is 12.8 Å². The molecule has 0 bridgehead atoms. The van der Waals surface area contributed by atoms with Crippen LogP contribution in [0.5, 0.6) is 0 Å². The van der Waals surface area contributed by atoms with E-state index in [2.05, 4.69) is 15.4 Å². The second-order valence-electron chi connectivity index (χ2n) is 9.76. The maximum Gasteiger partial charge on any atom is 0.390 e. The van der Waals surface area contributed by atoms with Crippen LogP contribution in [0.1, 0.15) is 60.4 Å². The number of imidazole rings is 1. The van der Waals surface area contributed by atoms with Gasteiger partial charge < -0.3 is 25.1 Å². The third-order valence-electron chi connectivity index (χ3n) is 7.52. The first kappa shape index (κ1) is 24.4. The molecule has 2 N–H and O–H groups in total. The molecule has 2 aliphatic rings. The normalized spacial score (nSPS) is 25.2. The Bertz CT molecular complexity index is 1340. The van der Waals surface area contributed by atoms with Crippen LogP contribution in [0, 0.1) is 27.8 Å². The molecule has 0 aliphatic heterocycles. The lowest BCUT2D eigenvalue weighted by Gasteiger charge is -2.24. The van der Waals surface area contributed by atoms with Gasteiger partial charge in [-0.2, -0.15) is 4.68 Å². The Balaban J connectivity index is 1.33. The zero-order valence-electron chi connectivity index (χ0n) is 19.8. The minimum Gasteiger partial charge on any atom is -0.383 e. The van der Waals surface area contributed by atoms with Gasteiger partial charge >= 0.3 is 5.82 Å². The molecule has 2 saturated carbocycles. The smallest absolute Gasteiger partial charge is 0.383 e. The largest absolute Gasteiger partial charge is 0.390 e. The molecule has 10 nitrogen and oxygen atoms in total. The quantitative estimate of drug-likeness (QED) is 0.369. The van der Waals surface area contributed by atoms with Crippen LogP contribution < -0.4 is 5.32 Å². The van der Waals surface area contributed by atoms with Gasteiger partial charge in [-0.05, 0) is 67.6 Å². The fourth-order valence-corrected chi connectivity index (χ4v) is 6.17. The van der Waals surface area contributed by atoms with Crippen molar-refractivity contribution >= 4 is 29.0 Å². The first-order valence-electron chi connectivity index (χ1n) is 11.8. The van der Waals surface area contributed by atoms with Crippen molar-refractivity contribution in [2.45, 2.75) is 50.7 Å². The lowest BCUT2D eigenvalue weighted by atomic mass is 9.90.